The van der Waals surface area contributed by atoms with Crippen molar-refractivity contribution >= 4 is 22.5 Å². The minimum atomic E-state index is -5.17. The summed E-state index contributed by atoms with van der Waals surface area (Å²) in [5.41, 5.74) is -3.11. The summed E-state index contributed by atoms with van der Waals surface area (Å²) in [5.74, 6) is -2.10. The van der Waals surface area contributed by atoms with Crippen LogP contribution in [0.2, 0.25) is 0 Å². The molecule has 1 amide bonds. The maximum Gasteiger partial charge on any atom is 0.420 e. The average Bonchev–Trinajstić information content (AvgIpc) is 3.33. The Kier molecular flexibility index (Phi) is 5.61. The molecule has 4 nitrogen and oxygen atoms in total. The Morgan fingerprint density at radius 3 is 2.12 bits per heavy atom. The van der Waals surface area contributed by atoms with Gasteiger partial charge in [0.05, 0.1) is 0 Å². The van der Waals surface area contributed by atoms with Gasteiger partial charge in [-0.05, 0) is 54.7 Å². The molecule has 0 spiro atoms. The number of ether oxygens (including phenoxy) is 1. The number of anilines is 1. The quantitative estimate of drug-likeness (QED) is 0.362. The second kappa shape index (κ2) is 7.95. The highest BCUT2D eigenvalue weighted by Crippen LogP contribution is 2.49. The molecule has 3 aromatic rings. The van der Waals surface area contributed by atoms with Gasteiger partial charge < -0.3 is 15.0 Å². The number of fused-ring (bicyclic) bond motifs is 1. The normalized spacial score (nSPS) is 15.6. The van der Waals surface area contributed by atoms with Crippen molar-refractivity contribution in [1.29, 1.82) is 0 Å². The number of aromatic amines is 1. The number of hydrogen-bond acceptors (Lipinski definition) is 2. The number of alkyl halides is 6. The van der Waals surface area contributed by atoms with Gasteiger partial charge in [-0.1, -0.05) is 20.8 Å². The molecule has 0 radical (unpaired) electrons. The van der Waals surface area contributed by atoms with Gasteiger partial charge in [0.1, 0.15) is 16.9 Å². The maximum absolute atomic E-state index is 13.9. The van der Waals surface area contributed by atoms with Gasteiger partial charge in [0.15, 0.2) is 5.75 Å². The van der Waals surface area contributed by atoms with Crippen LogP contribution in [0.4, 0.5) is 32.0 Å². The highest BCUT2D eigenvalue weighted by atomic mass is 19.4. The van der Waals surface area contributed by atoms with Crippen LogP contribution in [0.5, 0.6) is 11.5 Å². The highest BCUT2D eigenvalue weighted by Gasteiger charge is 2.46. The predicted molar refractivity (Wildman–Crippen MR) is 115 cm³/mol. The molecular formula is C24H22F6N2O2. The van der Waals surface area contributed by atoms with E-state index >= 15 is 0 Å². The lowest BCUT2D eigenvalue weighted by molar-refractivity contribution is -0.145. The Balaban J connectivity index is 1.82. The maximum atomic E-state index is 13.9. The van der Waals surface area contributed by atoms with Crippen molar-refractivity contribution in [3.8, 4) is 11.5 Å². The third kappa shape index (κ3) is 4.58. The highest BCUT2D eigenvalue weighted by molar-refractivity contribution is 5.97. The molecule has 10 heteroatoms. The lowest BCUT2D eigenvalue weighted by Crippen LogP contribution is -2.22. The molecule has 34 heavy (non-hydrogen) atoms. The minimum absolute atomic E-state index is 0.0664. The molecule has 1 heterocycles. The number of carbonyl (C=O) groups is 1. The Morgan fingerprint density at radius 2 is 1.62 bits per heavy atom. The topological polar surface area (TPSA) is 54.1 Å². The van der Waals surface area contributed by atoms with E-state index in [0.717, 1.165) is 5.56 Å². The van der Waals surface area contributed by atoms with Gasteiger partial charge in [-0.15, -0.1) is 0 Å². The molecule has 1 saturated carbocycles. The number of H-pyrrole nitrogens is 1. The molecule has 1 aliphatic carbocycles. The van der Waals surface area contributed by atoms with Crippen LogP contribution in [0.25, 0.3) is 10.9 Å². The predicted octanol–water partition coefficient (Wildman–Crippen LogP) is 7.86. The third-order valence-corrected chi connectivity index (χ3v) is 6.03. The molecule has 182 valence electrons. The number of hydrogen-bond donors (Lipinski definition) is 2. The zero-order valence-corrected chi connectivity index (χ0v) is 18.5. The minimum Gasteiger partial charge on any atom is -0.456 e. The SMILES string of the molecule is CC(C)c1c[nH]c2ccc(Oc3c(C(F)(F)F)cc(NC(=O)C4(C)CC4)cc3C(F)(F)F)cc12. The molecule has 0 aliphatic heterocycles. The first-order chi connectivity index (χ1) is 15.7. The zero-order valence-electron chi connectivity index (χ0n) is 18.5. The standard InChI is InChI=1S/C24H22F6N2O2/c1-12(2)16-11-31-19-5-4-14(10-15(16)19)34-20-17(23(25,26)27)8-13(9-18(20)24(28,29)30)32-21(33)22(3)6-7-22/h4-5,8-12,31H,6-7H2,1-3H3,(H,32,33). The fourth-order valence-corrected chi connectivity index (χ4v) is 3.71. The van der Waals surface area contributed by atoms with Crippen molar-refractivity contribution in [2.45, 2.75) is 51.9 Å². The van der Waals surface area contributed by atoms with Crippen molar-refractivity contribution in [2.24, 2.45) is 5.41 Å². The summed E-state index contributed by atoms with van der Waals surface area (Å²) in [6.07, 6.45) is -7.57. The molecule has 2 aromatic carbocycles. The van der Waals surface area contributed by atoms with Crippen LogP contribution in [-0.4, -0.2) is 10.9 Å². The molecule has 0 atom stereocenters. The van der Waals surface area contributed by atoms with E-state index < -0.39 is 46.2 Å². The van der Waals surface area contributed by atoms with Crippen molar-refractivity contribution in [1.82, 2.24) is 4.98 Å². The number of benzene rings is 2. The Morgan fingerprint density at radius 1 is 1.03 bits per heavy atom. The van der Waals surface area contributed by atoms with Crippen LogP contribution >= 0.6 is 0 Å². The van der Waals surface area contributed by atoms with E-state index in [0.29, 0.717) is 35.9 Å². The smallest absolute Gasteiger partial charge is 0.420 e. The van der Waals surface area contributed by atoms with E-state index in [-0.39, 0.29) is 11.7 Å². The molecule has 2 N–H and O–H groups in total. The first kappa shape index (κ1) is 24.0. The van der Waals surface area contributed by atoms with E-state index in [1.54, 1.807) is 13.1 Å². The Bertz CT molecular complexity index is 1220. The zero-order chi connectivity index (χ0) is 25.1. The van der Waals surface area contributed by atoms with Crippen molar-refractivity contribution in [3.63, 3.8) is 0 Å². The van der Waals surface area contributed by atoms with E-state index in [4.69, 9.17) is 4.74 Å². The summed E-state index contributed by atoms with van der Waals surface area (Å²) >= 11 is 0. The van der Waals surface area contributed by atoms with Gasteiger partial charge in [-0.25, -0.2) is 0 Å². The number of halogens is 6. The van der Waals surface area contributed by atoms with Crippen molar-refractivity contribution in [2.75, 3.05) is 5.32 Å². The van der Waals surface area contributed by atoms with E-state index in [1.807, 2.05) is 13.8 Å². The first-order valence-corrected chi connectivity index (χ1v) is 10.6. The molecule has 1 aliphatic rings. The van der Waals surface area contributed by atoms with Gasteiger partial charge in [0.25, 0.3) is 0 Å². The van der Waals surface area contributed by atoms with Gasteiger partial charge in [0, 0.05) is 28.2 Å². The third-order valence-electron chi connectivity index (χ3n) is 6.03. The summed E-state index contributed by atoms with van der Waals surface area (Å²) in [4.78, 5) is 15.3. The molecule has 1 fully saturated rings. The number of nitrogens with one attached hydrogen (secondary N) is 2. The van der Waals surface area contributed by atoms with Gasteiger partial charge >= 0.3 is 12.4 Å². The largest absolute Gasteiger partial charge is 0.456 e. The number of carbonyl (C=O) groups excluding carboxylic acids is 1. The summed E-state index contributed by atoms with van der Waals surface area (Å²) < 4.78 is 88.6. The lowest BCUT2D eigenvalue weighted by atomic mass is 10.0. The van der Waals surface area contributed by atoms with Gasteiger partial charge in [-0.2, -0.15) is 26.3 Å². The summed E-state index contributed by atoms with van der Waals surface area (Å²) in [6.45, 7) is 5.42. The fraction of sp³-hybridized carbons (Fsp3) is 0.375. The first-order valence-electron chi connectivity index (χ1n) is 10.6. The van der Waals surface area contributed by atoms with Crippen LogP contribution in [0.15, 0.2) is 36.5 Å². The van der Waals surface area contributed by atoms with Gasteiger partial charge in [0.2, 0.25) is 5.91 Å². The van der Waals surface area contributed by atoms with Crippen molar-refractivity contribution < 1.29 is 35.9 Å². The molecule has 0 saturated heterocycles. The van der Waals surface area contributed by atoms with Crippen LogP contribution in [0.3, 0.4) is 0 Å². The van der Waals surface area contributed by atoms with E-state index in [1.165, 1.54) is 18.2 Å². The van der Waals surface area contributed by atoms with E-state index in [9.17, 15) is 31.1 Å². The van der Waals surface area contributed by atoms with Crippen LogP contribution in [0.1, 0.15) is 56.2 Å². The van der Waals surface area contributed by atoms with Crippen LogP contribution < -0.4 is 10.1 Å². The number of aromatic nitrogens is 1. The van der Waals surface area contributed by atoms with E-state index in [2.05, 4.69) is 10.3 Å². The summed E-state index contributed by atoms with van der Waals surface area (Å²) in [6, 6.07) is 5.19. The van der Waals surface area contributed by atoms with Crippen LogP contribution in [-0.2, 0) is 17.1 Å². The second-order valence-corrected chi connectivity index (χ2v) is 9.12. The molecule has 0 bridgehead atoms. The Hall–Kier alpha value is -3.17. The second-order valence-electron chi connectivity index (χ2n) is 9.12. The molecule has 0 unspecified atom stereocenters. The lowest BCUT2D eigenvalue weighted by Gasteiger charge is -2.21. The molecule has 1 aromatic heterocycles. The van der Waals surface area contributed by atoms with Crippen LogP contribution in [0, 0.1) is 5.41 Å². The average molecular weight is 484 g/mol. The summed E-state index contributed by atoms with van der Waals surface area (Å²) in [5, 5.41) is 2.84. The van der Waals surface area contributed by atoms with Gasteiger partial charge in [-0.3, -0.25) is 4.79 Å². The molecule has 4 rings (SSSR count). The molecular weight excluding hydrogens is 462 g/mol. The summed E-state index contributed by atoms with van der Waals surface area (Å²) in [7, 11) is 0. The van der Waals surface area contributed by atoms with Crippen molar-refractivity contribution in [3.05, 3.63) is 53.2 Å². The number of rotatable bonds is 5. The fourth-order valence-electron chi connectivity index (χ4n) is 3.71. The monoisotopic (exact) mass is 484 g/mol. The Labute approximate surface area is 191 Å². The number of amides is 1.